The van der Waals surface area contributed by atoms with Crippen LogP contribution < -0.4 is 25.3 Å². The maximum Gasteiger partial charge on any atom is 0.253 e. The van der Waals surface area contributed by atoms with Crippen molar-refractivity contribution in [1.29, 1.82) is 0 Å². The second-order valence-corrected chi connectivity index (χ2v) is 31.3. The lowest BCUT2D eigenvalue weighted by atomic mass is 9.97. The van der Waals surface area contributed by atoms with E-state index in [-0.39, 0.29) is 30.0 Å². The second kappa shape index (κ2) is 39.0. The summed E-state index contributed by atoms with van der Waals surface area (Å²) in [5, 5.41) is 16.3. The number of anilines is 3. The van der Waals surface area contributed by atoms with Crippen LogP contribution in [0.4, 0.5) is 35.0 Å². The summed E-state index contributed by atoms with van der Waals surface area (Å²) in [6, 6.07) is 29.2. The Bertz CT molecular complexity index is 4320. The maximum absolute atomic E-state index is 14.2. The van der Waals surface area contributed by atoms with Gasteiger partial charge in [-0.2, -0.15) is 0 Å². The third-order valence-electron chi connectivity index (χ3n) is 21.8. The Kier molecular flexibility index (Phi) is 29.2. The Hall–Kier alpha value is -6.97. The molecule has 4 aromatic carbocycles. The van der Waals surface area contributed by atoms with E-state index in [4.69, 9.17) is 74.0 Å². The number of halogens is 10. The number of hydrogen-bond acceptors (Lipinski definition) is 17. The molecule has 6 aliphatic heterocycles. The maximum atomic E-state index is 14.2. The summed E-state index contributed by atoms with van der Waals surface area (Å²) >= 11 is 37.5. The van der Waals surface area contributed by atoms with Crippen LogP contribution in [0.25, 0.3) is 11.5 Å². The van der Waals surface area contributed by atoms with E-state index in [0.29, 0.717) is 120 Å². The molecule has 8 aromatic rings. The van der Waals surface area contributed by atoms with Gasteiger partial charge in [-0.1, -0.05) is 114 Å². The quantitative estimate of drug-likeness (QED) is 0.0692. The number of nitrogens with one attached hydrogen (secondary N) is 2. The first-order valence-corrected chi connectivity index (χ1v) is 40.1. The van der Waals surface area contributed by atoms with Crippen LogP contribution in [0.15, 0.2) is 126 Å². The largest absolute Gasteiger partial charge is 0.423 e. The van der Waals surface area contributed by atoms with Crippen LogP contribution in [-0.4, -0.2) is 208 Å². The fourth-order valence-corrected chi connectivity index (χ4v) is 17.2. The number of amides is 2. The molecule has 10 heterocycles. The van der Waals surface area contributed by atoms with Crippen molar-refractivity contribution in [3.63, 3.8) is 0 Å². The lowest BCUT2D eigenvalue weighted by Gasteiger charge is -2.47. The molecule has 4 aromatic heterocycles. The van der Waals surface area contributed by atoms with Crippen molar-refractivity contribution in [1.82, 2.24) is 65.2 Å². The van der Waals surface area contributed by atoms with E-state index in [1.54, 1.807) is 48.8 Å². The lowest BCUT2D eigenvalue weighted by Crippen LogP contribution is -2.58. The van der Waals surface area contributed by atoms with E-state index in [9.17, 15) is 27.2 Å². The van der Waals surface area contributed by atoms with Gasteiger partial charge < -0.3 is 29.8 Å². The van der Waals surface area contributed by atoms with E-state index in [1.807, 2.05) is 25.1 Å². The first kappa shape index (κ1) is 81.5. The summed E-state index contributed by atoms with van der Waals surface area (Å²) in [5.41, 5.74) is 4.68. The molecule has 0 unspecified atom stereocenters. The van der Waals surface area contributed by atoms with Gasteiger partial charge in [0.15, 0.2) is 11.6 Å². The highest BCUT2D eigenvalue weighted by molar-refractivity contribution is 6.34. The fourth-order valence-electron chi connectivity index (χ4n) is 15.9. The Morgan fingerprint density at radius 3 is 1.39 bits per heavy atom. The van der Waals surface area contributed by atoms with E-state index in [2.05, 4.69) is 106 Å². The van der Waals surface area contributed by atoms with Gasteiger partial charge in [0.1, 0.15) is 29.1 Å². The highest BCUT2D eigenvalue weighted by atomic mass is 35.5. The molecule has 6 fully saturated rings. The van der Waals surface area contributed by atoms with Crippen molar-refractivity contribution in [2.45, 2.75) is 129 Å². The molecule has 2 amide bonds. The molecule has 29 heteroatoms. The number of carbonyl (C=O) groups is 2. The molecule has 14 rings (SSSR count). The normalized spacial score (nSPS) is 19.3. The smallest absolute Gasteiger partial charge is 0.253 e. The average molecular weight is 1620 g/mol. The van der Waals surface area contributed by atoms with Gasteiger partial charge in [-0.05, 0) is 175 Å². The number of hydrogen-bond donors (Lipinski definition) is 2. The van der Waals surface area contributed by atoms with E-state index in [0.717, 1.165) is 191 Å². The first-order valence-electron chi connectivity index (χ1n) is 37.8. The molecule has 582 valence electrons. The van der Waals surface area contributed by atoms with Crippen LogP contribution >= 0.6 is 69.6 Å². The van der Waals surface area contributed by atoms with E-state index < -0.39 is 11.6 Å². The van der Waals surface area contributed by atoms with Crippen molar-refractivity contribution >= 4 is 98.9 Å². The van der Waals surface area contributed by atoms with Crippen LogP contribution in [-0.2, 0) is 26.2 Å². The third-order valence-corrected chi connectivity index (χ3v) is 23.4. The number of likely N-dealkylation sites (tertiary alicyclic amines) is 3. The van der Waals surface area contributed by atoms with Crippen molar-refractivity contribution in [3.8, 4) is 11.5 Å². The zero-order chi connectivity index (χ0) is 76.7. The molecule has 19 nitrogen and oxygen atoms in total. The average Bonchev–Trinajstić information content (AvgIpc) is 0.843. The molecule has 0 spiro atoms. The predicted octanol–water partition coefficient (Wildman–Crippen LogP) is 15.4. The van der Waals surface area contributed by atoms with Crippen molar-refractivity contribution in [2.75, 3.05) is 126 Å². The van der Waals surface area contributed by atoms with Crippen LogP contribution in [0, 0.1) is 23.3 Å². The Balaban J connectivity index is 0.000000153. The Morgan fingerprint density at radius 2 is 0.917 bits per heavy atom. The number of benzene rings is 4. The van der Waals surface area contributed by atoms with Gasteiger partial charge >= 0.3 is 0 Å². The summed E-state index contributed by atoms with van der Waals surface area (Å²) < 4.78 is 60.2. The van der Waals surface area contributed by atoms with Gasteiger partial charge in [0.05, 0.1) is 31.8 Å². The summed E-state index contributed by atoms with van der Waals surface area (Å²) in [4.78, 5) is 60.1. The van der Waals surface area contributed by atoms with Gasteiger partial charge in [-0.25, -0.2) is 32.5 Å². The number of piperidine rings is 3. The number of rotatable bonds is 20. The molecule has 2 atom stereocenters. The first-order chi connectivity index (χ1) is 52.8. The number of nitrogens with zero attached hydrogens (tertiary/aromatic N) is 14. The van der Waals surface area contributed by atoms with Crippen molar-refractivity contribution in [3.05, 3.63) is 209 Å². The van der Waals surface area contributed by atoms with Gasteiger partial charge in [0.2, 0.25) is 12.3 Å². The minimum atomic E-state index is -0.949. The molecule has 0 radical (unpaired) electrons. The molecule has 0 bridgehead atoms. The monoisotopic (exact) mass is 1610 g/mol. The second-order valence-electron chi connectivity index (χ2n) is 28.8. The van der Waals surface area contributed by atoms with E-state index >= 15 is 0 Å². The molecule has 109 heavy (non-hydrogen) atoms. The van der Waals surface area contributed by atoms with Crippen LogP contribution in [0.5, 0.6) is 0 Å². The number of carbonyl (C=O) groups excluding carboxylic acids is 2. The number of pyridine rings is 3. The minimum Gasteiger partial charge on any atom is -0.423 e. The Labute approximate surface area is 666 Å². The number of piperazine rings is 3. The molecule has 2 N–H and O–H groups in total. The predicted molar refractivity (Wildman–Crippen MR) is 426 cm³/mol. The minimum absolute atomic E-state index is 0.0669. The molecule has 6 saturated heterocycles. The van der Waals surface area contributed by atoms with Crippen molar-refractivity contribution in [2.24, 2.45) is 0 Å². The molecular formula is C80H94Cl6F4N16O3. The molecule has 0 saturated carbocycles. The topological polar surface area (TPSA) is 165 Å². The molecular weight excluding hydrogens is 1520 g/mol. The highest BCUT2D eigenvalue weighted by Crippen LogP contribution is 2.35. The lowest BCUT2D eigenvalue weighted by molar-refractivity contribution is 0.0607. The standard InChI is InChI=1S/C29H31Cl2F2N5O.C26H34Cl2FN5O.C25H29Cl2FN6O/c30-23-4-1-20(2-5-23)19-36-9-7-24(8-10-36)37-11-13-38(14-12-37)28-25(31)16-22(18-34-28)29(39)35-17-21-3-6-26(32)27(33)15-21;1-3-21-17-33(25-23(28)13-19(15-31-25)26(35)30-4-2)11-12-34(21)22-7-9-32(10-8-22)16-18-5-6-20(27)14-24(18)29;1-2-20-15-33(24-22(27)11-18(13-29-24)25-31-30-16-35-25)9-10-34(20)21-5-7-32(8-6-21)14-17-3-4-19(26)12-23(17)28/h1-6,15-16,18,24H,7-14,17,19H2,(H,35,39);5-6,13-15,21-22H,3-4,7-12,16-17H2,1-2H3,(H,30,35);3-4,11-13,16,20-21H,2,5-10,14-15H2,1H3/t;21-;20-/m.00/s1. The summed E-state index contributed by atoms with van der Waals surface area (Å²) in [6.07, 6.45) is 14.9. The van der Waals surface area contributed by atoms with Gasteiger partial charge in [0, 0.05) is 173 Å². The number of aromatic nitrogens is 5. The van der Waals surface area contributed by atoms with Gasteiger partial charge in [-0.15, -0.1) is 10.2 Å². The zero-order valence-corrected chi connectivity index (χ0v) is 66.2. The SMILES string of the molecule is CCNC(=O)c1cnc(N2CCN(C3CCN(Cc4ccc(Cl)cc4F)CC3)[C@@H](CC)C2)c(Cl)c1.CC[C@H]1CN(c2ncc(-c3nnco3)cc2Cl)CCN1C1CCN(Cc2ccc(Cl)cc2F)CC1.O=C(NCc1ccc(F)c(F)c1)c1cnc(N2CCN(C3CCN(Cc4ccc(Cl)cc4)CC3)CC2)c(Cl)c1. The van der Waals surface area contributed by atoms with Gasteiger partial charge in [-0.3, -0.25) is 39.0 Å². The zero-order valence-electron chi connectivity index (χ0n) is 61.7. The summed E-state index contributed by atoms with van der Waals surface area (Å²) in [5.74, 6) is -0.234. The molecule has 0 aliphatic carbocycles. The van der Waals surface area contributed by atoms with Crippen molar-refractivity contribution < 1.29 is 31.6 Å². The third kappa shape index (κ3) is 21.6. The Morgan fingerprint density at radius 1 is 0.459 bits per heavy atom. The van der Waals surface area contributed by atoms with Crippen LogP contribution in [0.2, 0.25) is 30.1 Å². The highest BCUT2D eigenvalue weighted by Gasteiger charge is 2.37. The molecule has 6 aliphatic rings. The summed E-state index contributed by atoms with van der Waals surface area (Å²) in [6.45, 7) is 24.1. The van der Waals surface area contributed by atoms with Crippen LogP contribution in [0.1, 0.15) is 115 Å². The summed E-state index contributed by atoms with van der Waals surface area (Å²) in [7, 11) is 0. The van der Waals surface area contributed by atoms with Crippen LogP contribution in [0.3, 0.4) is 0 Å². The fraction of sp³-hybridized carbons (Fsp3) is 0.463. The van der Waals surface area contributed by atoms with Gasteiger partial charge in [0.25, 0.3) is 11.8 Å². The van der Waals surface area contributed by atoms with E-state index in [1.165, 1.54) is 36.4 Å².